The van der Waals surface area contributed by atoms with Crippen LogP contribution in [0.3, 0.4) is 0 Å². The first-order valence-corrected chi connectivity index (χ1v) is 16.0. The lowest BCUT2D eigenvalue weighted by Gasteiger charge is -2.17. The van der Waals surface area contributed by atoms with E-state index in [0.29, 0.717) is 5.69 Å². The Morgan fingerprint density at radius 1 is 0.907 bits per heavy atom. The number of carbonyl (C=O) groups is 3. The first kappa shape index (κ1) is 36.3. The van der Waals surface area contributed by atoms with Gasteiger partial charge >= 0.3 is 11.7 Å². The summed E-state index contributed by atoms with van der Waals surface area (Å²) < 4.78 is 34.6. The molecule has 0 spiro atoms. The molecule has 0 saturated heterocycles. The second-order valence-corrected chi connectivity index (χ2v) is 11.6. The van der Waals surface area contributed by atoms with Gasteiger partial charge in [-0.3, -0.25) is 24.5 Å². The zero-order chi connectivity index (χ0) is 38.5. The van der Waals surface area contributed by atoms with E-state index in [-0.39, 0.29) is 82.5 Å². The van der Waals surface area contributed by atoms with Crippen molar-refractivity contribution in [1.29, 1.82) is 0 Å². The number of aromatic nitrogens is 2. The number of benzene rings is 4. The number of phenols is 1. The maximum atomic E-state index is 14.5. The maximum absolute atomic E-state index is 14.5. The first-order valence-electron chi connectivity index (χ1n) is 16.0. The van der Waals surface area contributed by atoms with Gasteiger partial charge in [-0.25, -0.2) is 18.6 Å². The topological polar surface area (TPSA) is 239 Å². The van der Waals surface area contributed by atoms with Gasteiger partial charge in [-0.2, -0.15) is 4.98 Å². The molecule has 16 nitrogen and oxygen atoms in total. The molecule has 0 fully saturated rings. The third kappa shape index (κ3) is 7.86. The van der Waals surface area contributed by atoms with Crippen LogP contribution in [0.15, 0.2) is 88.2 Å². The van der Waals surface area contributed by atoms with E-state index in [1.165, 1.54) is 12.1 Å². The average molecular weight is 740 g/mol. The van der Waals surface area contributed by atoms with Gasteiger partial charge < -0.3 is 35.9 Å². The van der Waals surface area contributed by atoms with Gasteiger partial charge in [-0.15, -0.1) is 0 Å². The molecule has 0 unspecified atom stereocenters. The van der Waals surface area contributed by atoms with Gasteiger partial charge in [0.25, 0.3) is 5.91 Å². The number of aromatic carboxylic acids is 1. The van der Waals surface area contributed by atoms with E-state index in [0.717, 1.165) is 36.5 Å². The Morgan fingerprint density at radius 3 is 2.43 bits per heavy atom. The molecule has 1 aliphatic carbocycles. The van der Waals surface area contributed by atoms with Crippen LogP contribution in [0.1, 0.15) is 27.1 Å². The van der Waals surface area contributed by atoms with E-state index in [4.69, 9.17) is 4.42 Å². The molecular weight excluding hydrogens is 712 g/mol. The standard InChI is InChI=1S/C36H27F2N7O9/c37-24-13-22-29(15-27(24)46)54-30-16-28(47)25(38)14-23(30)32(22)20-7-6-18(12-21(20)35(50)51)34(49)41-9-8-31(48)39-10-11-40-33-26(45(52)53)17-42-36(44-33)43-19-4-2-1-3-5-19/h1-7,12-17,46H,8-11H2,(H,39,48)(H,41,49)(H,50,51)(H2,40,42,43,44). The Morgan fingerprint density at radius 2 is 1.69 bits per heavy atom. The molecule has 18 heteroatoms. The number of phenolic OH excluding ortho intramolecular Hbond substituents is 1. The molecular formula is C36H27F2N7O9. The number of nitrogens with zero attached hydrogens (tertiary/aromatic N) is 3. The van der Waals surface area contributed by atoms with Gasteiger partial charge in [-0.05, 0) is 42.0 Å². The SMILES string of the molecule is O=C(CCNC(=O)c1ccc(-c2c3cc(F)c(=O)cc-3oc3cc(O)c(F)cc23)c(C(=O)O)c1)NCCNc1nc(Nc2ccccc2)ncc1[N+](=O)[O-]. The number of carboxylic acids is 1. The van der Waals surface area contributed by atoms with Crippen LogP contribution >= 0.6 is 0 Å². The lowest BCUT2D eigenvalue weighted by Crippen LogP contribution is -2.33. The summed E-state index contributed by atoms with van der Waals surface area (Å²) in [5, 5.41) is 42.3. The Labute approximate surface area is 302 Å². The number of fused-ring (bicyclic) bond motifs is 2. The van der Waals surface area contributed by atoms with Crippen LogP contribution in [-0.2, 0) is 4.79 Å². The fourth-order valence-corrected chi connectivity index (χ4v) is 5.48. The van der Waals surface area contributed by atoms with Gasteiger partial charge in [0.1, 0.15) is 17.5 Å². The van der Waals surface area contributed by atoms with Crippen molar-refractivity contribution in [2.75, 3.05) is 30.3 Å². The molecule has 6 N–H and O–H groups in total. The summed E-state index contributed by atoms with van der Waals surface area (Å²) >= 11 is 0. The second kappa shape index (κ2) is 15.4. The number of nitrogens with one attached hydrogen (secondary N) is 4. The van der Waals surface area contributed by atoms with E-state index in [1.54, 1.807) is 24.3 Å². The molecule has 2 amide bonds. The minimum atomic E-state index is -1.49. The quantitative estimate of drug-likeness (QED) is 0.0395. The number of hydrogen-bond donors (Lipinski definition) is 6. The number of carboxylic acid groups (broad SMARTS) is 1. The molecule has 2 aliphatic rings. The van der Waals surface area contributed by atoms with Crippen molar-refractivity contribution in [2.45, 2.75) is 6.42 Å². The predicted octanol–water partition coefficient (Wildman–Crippen LogP) is 5.04. The monoisotopic (exact) mass is 739 g/mol. The molecule has 0 saturated carbocycles. The van der Waals surface area contributed by atoms with E-state index < -0.39 is 51.1 Å². The Kier molecular flexibility index (Phi) is 10.3. The summed E-state index contributed by atoms with van der Waals surface area (Å²) in [6, 6.07) is 16.0. The van der Waals surface area contributed by atoms with Crippen molar-refractivity contribution in [3.8, 4) is 28.2 Å². The number of hydrogen-bond acceptors (Lipinski definition) is 12. The van der Waals surface area contributed by atoms with Gasteiger partial charge in [0.15, 0.2) is 17.4 Å². The van der Waals surface area contributed by atoms with Crippen molar-refractivity contribution >= 4 is 51.9 Å². The van der Waals surface area contributed by atoms with Crippen molar-refractivity contribution in [3.63, 3.8) is 0 Å². The maximum Gasteiger partial charge on any atom is 0.336 e. The number of halogens is 2. The highest BCUT2D eigenvalue weighted by Crippen LogP contribution is 2.43. The number of aromatic hydroxyl groups is 1. The van der Waals surface area contributed by atoms with Crippen molar-refractivity contribution < 1.29 is 42.7 Å². The molecule has 274 valence electrons. The Hall–Kier alpha value is -7.50. The van der Waals surface area contributed by atoms with Crippen molar-refractivity contribution in [3.05, 3.63) is 122 Å². The summed E-state index contributed by atoms with van der Waals surface area (Å²) in [4.78, 5) is 68.9. The third-order valence-corrected chi connectivity index (χ3v) is 8.00. The molecule has 6 rings (SSSR count). The third-order valence-electron chi connectivity index (χ3n) is 8.00. The molecule has 1 aliphatic heterocycles. The molecule has 2 heterocycles. The van der Waals surface area contributed by atoms with E-state index >= 15 is 0 Å². The minimum Gasteiger partial charge on any atom is -0.505 e. The lowest BCUT2D eigenvalue weighted by atomic mass is 9.89. The van der Waals surface area contributed by atoms with Crippen LogP contribution in [0.4, 0.5) is 31.9 Å². The van der Waals surface area contributed by atoms with Crippen LogP contribution in [0.25, 0.3) is 33.4 Å². The van der Waals surface area contributed by atoms with E-state index in [9.17, 15) is 48.3 Å². The van der Waals surface area contributed by atoms with Crippen LogP contribution < -0.4 is 26.7 Å². The Balaban J connectivity index is 1.10. The molecule has 4 aromatic rings. The smallest absolute Gasteiger partial charge is 0.336 e. The summed E-state index contributed by atoms with van der Waals surface area (Å²) in [5.41, 5.74) is -1.56. The summed E-state index contributed by atoms with van der Waals surface area (Å²) in [6.07, 6.45) is 0.876. The highest BCUT2D eigenvalue weighted by atomic mass is 19.1. The van der Waals surface area contributed by atoms with Crippen LogP contribution in [0, 0.1) is 21.7 Å². The summed E-state index contributed by atoms with van der Waals surface area (Å²) in [7, 11) is 0. The van der Waals surface area contributed by atoms with Crippen LogP contribution in [0.5, 0.6) is 5.75 Å². The van der Waals surface area contributed by atoms with Crippen LogP contribution in [0.2, 0.25) is 0 Å². The molecule has 0 atom stereocenters. The predicted molar refractivity (Wildman–Crippen MR) is 190 cm³/mol. The molecule has 54 heavy (non-hydrogen) atoms. The Bertz CT molecular complexity index is 2480. The van der Waals surface area contributed by atoms with Crippen molar-refractivity contribution in [2.24, 2.45) is 0 Å². The molecule has 3 aromatic carbocycles. The van der Waals surface area contributed by atoms with E-state index in [2.05, 4.69) is 31.2 Å². The number of para-hydroxylation sites is 1. The number of anilines is 3. The summed E-state index contributed by atoms with van der Waals surface area (Å²) in [6.45, 7) is -0.0503. The highest BCUT2D eigenvalue weighted by Gasteiger charge is 2.25. The number of amides is 2. The fourth-order valence-electron chi connectivity index (χ4n) is 5.48. The van der Waals surface area contributed by atoms with Crippen molar-refractivity contribution in [1.82, 2.24) is 20.6 Å². The van der Waals surface area contributed by atoms with Crippen LogP contribution in [-0.4, -0.2) is 62.5 Å². The number of nitro groups is 1. The van der Waals surface area contributed by atoms with E-state index in [1.807, 2.05) is 6.07 Å². The first-order chi connectivity index (χ1) is 25.9. The number of rotatable bonds is 13. The zero-order valence-corrected chi connectivity index (χ0v) is 27.7. The highest BCUT2D eigenvalue weighted by molar-refractivity contribution is 6.09. The molecule has 0 radical (unpaired) electrons. The normalized spacial score (nSPS) is 10.9. The summed E-state index contributed by atoms with van der Waals surface area (Å²) in [5.74, 6) is -5.85. The average Bonchev–Trinajstić information content (AvgIpc) is 3.14. The zero-order valence-electron chi connectivity index (χ0n) is 27.7. The molecule has 1 aromatic heterocycles. The van der Waals surface area contributed by atoms with Gasteiger partial charge in [0.05, 0.1) is 10.5 Å². The van der Waals surface area contributed by atoms with Gasteiger partial charge in [0.2, 0.25) is 23.1 Å². The fraction of sp³-hybridized carbons (Fsp3) is 0.111. The minimum absolute atomic E-state index is 0.0295. The second-order valence-electron chi connectivity index (χ2n) is 11.6. The number of carbonyl (C=O) groups excluding carboxylic acids is 2. The lowest BCUT2D eigenvalue weighted by molar-refractivity contribution is -0.384. The van der Waals surface area contributed by atoms with Gasteiger partial charge in [-0.1, -0.05) is 24.3 Å². The van der Waals surface area contributed by atoms with Gasteiger partial charge in [0, 0.05) is 66.0 Å². The molecule has 0 bridgehead atoms. The largest absolute Gasteiger partial charge is 0.505 e.